The van der Waals surface area contributed by atoms with Crippen LogP contribution in [0.1, 0.15) is 35.7 Å². The van der Waals surface area contributed by atoms with Crippen LogP contribution in [0.2, 0.25) is 5.02 Å². The Bertz CT molecular complexity index is 986. The number of nitrogens with zero attached hydrogens (tertiary/aromatic N) is 1. The van der Waals surface area contributed by atoms with Crippen LogP contribution in [0.15, 0.2) is 36.4 Å². The van der Waals surface area contributed by atoms with Gasteiger partial charge in [-0.05, 0) is 75.7 Å². The molecule has 1 amide bonds. The second kappa shape index (κ2) is 9.28. The van der Waals surface area contributed by atoms with Crippen molar-refractivity contribution in [1.82, 2.24) is 4.90 Å². The second-order valence-electron chi connectivity index (χ2n) is 8.11. The molecule has 2 aliphatic heterocycles. The van der Waals surface area contributed by atoms with Gasteiger partial charge in [-0.1, -0.05) is 17.7 Å². The largest absolute Gasteiger partial charge is 0.486 e. The molecular weight excluding hydrogens is 416 g/mol. The lowest BCUT2D eigenvalue weighted by molar-refractivity contribution is -0.121. The maximum Gasteiger partial charge on any atom is 0.241 e. The maximum absolute atomic E-state index is 13.0. The van der Waals surface area contributed by atoms with E-state index in [2.05, 4.69) is 10.2 Å². The molecule has 1 saturated heterocycles. The average Bonchev–Trinajstić information content (AvgIpc) is 2.80. The van der Waals surface area contributed by atoms with Crippen molar-refractivity contribution < 1.29 is 19.1 Å². The number of likely N-dealkylation sites (tertiary alicyclic amines) is 1. The molecule has 1 fully saturated rings. The Morgan fingerprint density at radius 2 is 1.81 bits per heavy atom. The number of nitrogens with one attached hydrogen (secondary N) is 1. The summed E-state index contributed by atoms with van der Waals surface area (Å²) < 4.78 is 11.1. The molecular formula is C24H27ClN2O4. The van der Waals surface area contributed by atoms with E-state index in [1.165, 1.54) is 0 Å². The first-order valence-corrected chi connectivity index (χ1v) is 11.1. The van der Waals surface area contributed by atoms with Crippen molar-refractivity contribution in [2.45, 2.75) is 32.7 Å². The molecule has 0 bridgehead atoms. The van der Waals surface area contributed by atoms with Crippen LogP contribution in [-0.4, -0.2) is 48.9 Å². The summed E-state index contributed by atoms with van der Waals surface area (Å²) in [4.78, 5) is 27.9. The highest BCUT2D eigenvalue weighted by Crippen LogP contribution is 2.33. The van der Waals surface area contributed by atoms with Gasteiger partial charge in [0.1, 0.15) is 13.2 Å². The molecule has 2 heterocycles. The van der Waals surface area contributed by atoms with Crippen LogP contribution >= 0.6 is 11.6 Å². The van der Waals surface area contributed by atoms with Gasteiger partial charge in [0.15, 0.2) is 17.3 Å². The first-order valence-electron chi connectivity index (χ1n) is 10.7. The number of carbonyl (C=O) groups is 2. The molecule has 2 aromatic rings. The van der Waals surface area contributed by atoms with E-state index in [4.69, 9.17) is 21.1 Å². The number of ketones is 1. The van der Waals surface area contributed by atoms with Crippen LogP contribution in [0, 0.1) is 12.8 Å². The highest BCUT2D eigenvalue weighted by Gasteiger charge is 2.31. The van der Waals surface area contributed by atoms with Crippen LogP contribution in [-0.2, 0) is 4.79 Å². The maximum atomic E-state index is 13.0. The fourth-order valence-corrected chi connectivity index (χ4v) is 4.30. The summed E-state index contributed by atoms with van der Waals surface area (Å²) >= 11 is 6.15. The fraction of sp³-hybridized carbons (Fsp3) is 0.417. The van der Waals surface area contributed by atoms with Gasteiger partial charge < -0.3 is 14.8 Å². The van der Waals surface area contributed by atoms with E-state index in [0.29, 0.717) is 48.4 Å². The predicted molar refractivity (Wildman–Crippen MR) is 120 cm³/mol. The second-order valence-corrected chi connectivity index (χ2v) is 8.52. The first-order chi connectivity index (χ1) is 14.9. The zero-order chi connectivity index (χ0) is 22.0. The number of rotatable bonds is 5. The van der Waals surface area contributed by atoms with E-state index in [1.54, 1.807) is 18.2 Å². The van der Waals surface area contributed by atoms with Crippen molar-refractivity contribution in [3.05, 3.63) is 52.5 Å². The Morgan fingerprint density at radius 3 is 2.55 bits per heavy atom. The van der Waals surface area contributed by atoms with Gasteiger partial charge in [-0.25, -0.2) is 0 Å². The summed E-state index contributed by atoms with van der Waals surface area (Å²) in [6, 6.07) is 10.6. The minimum atomic E-state index is -0.288. The fourth-order valence-electron chi connectivity index (χ4n) is 4.13. The summed E-state index contributed by atoms with van der Waals surface area (Å²) in [7, 11) is 0. The Labute approximate surface area is 187 Å². The normalized spacial score (nSPS) is 17.8. The molecule has 0 aliphatic carbocycles. The molecule has 164 valence electrons. The number of Topliss-reactive ketones (excluding diaryl/α,β-unsaturated/α-hetero) is 1. The Morgan fingerprint density at radius 1 is 1.10 bits per heavy atom. The molecule has 2 aromatic carbocycles. The smallest absolute Gasteiger partial charge is 0.241 e. The van der Waals surface area contributed by atoms with Gasteiger partial charge in [-0.2, -0.15) is 0 Å². The number of halogens is 1. The van der Waals surface area contributed by atoms with Gasteiger partial charge >= 0.3 is 0 Å². The first kappa shape index (κ1) is 21.7. The highest BCUT2D eigenvalue weighted by molar-refractivity contribution is 6.31. The zero-order valence-electron chi connectivity index (χ0n) is 17.8. The molecule has 0 spiro atoms. The number of carbonyl (C=O) groups excluding carboxylic acids is 2. The number of hydrogen-bond donors (Lipinski definition) is 1. The lowest BCUT2D eigenvalue weighted by atomic mass is 9.88. The van der Waals surface area contributed by atoms with Gasteiger partial charge in [0.2, 0.25) is 5.91 Å². The molecule has 31 heavy (non-hydrogen) atoms. The van der Waals surface area contributed by atoms with Crippen molar-refractivity contribution in [1.29, 1.82) is 0 Å². The molecule has 4 rings (SSSR count). The molecule has 6 nitrogen and oxygen atoms in total. The minimum Gasteiger partial charge on any atom is -0.486 e. The zero-order valence-corrected chi connectivity index (χ0v) is 18.6. The summed E-state index contributed by atoms with van der Waals surface area (Å²) in [6.07, 6.45) is 1.45. The van der Waals surface area contributed by atoms with Crippen LogP contribution in [0.4, 0.5) is 5.69 Å². The lowest BCUT2D eigenvalue weighted by Crippen LogP contribution is -2.47. The number of amides is 1. The molecule has 0 saturated carbocycles. The van der Waals surface area contributed by atoms with Crippen LogP contribution < -0.4 is 14.8 Å². The van der Waals surface area contributed by atoms with Crippen LogP contribution in [0.5, 0.6) is 11.5 Å². The highest BCUT2D eigenvalue weighted by atomic mass is 35.5. The Hall–Kier alpha value is -2.57. The average molecular weight is 443 g/mol. The van der Waals surface area contributed by atoms with Crippen molar-refractivity contribution in [2.75, 3.05) is 31.6 Å². The number of benzene rings is 2. The SMILES string of the molecule is Cc1c(Cl)cccc1NC(=O)C(C)N1CCC(C(=O)c2ccc3c(c2)OCCO3)CC1. The van der Waals surface area contributed by atoms with Crippen molar-refractivity contribution >= 4 is 29.0 Å². The number of ether oxygens (including phenoxy) is 2. The number of fused-ring (bicyclic) bond motifs is 1. The van der Waals surface area contributed by atoms with Gasteiger partial charge in [0.25, 0.3) is 0 Å². The standard InChI is InChI=1S/C24H27ClN2O4/c1-15-19(25)4-3-5-20(15)26-24(29)16(2)27-10-8-17(9-11-27)23(28)18-6-7-21-22(14-18)31-13-12-30-21/h3-7,14,16-17H,8-13H2,1-2H3,(H,26,29). The summed E-state index contributed by atoms with van der Waals surface area (Å²) in [5.41, 5.74) is 2.24. The van der Waals surface area contributed by atoms with Gasteiger partial charge in [-0.3, -0.25) is 14.5 Å². The molecule has 0 aromatic heterocycles. The predicted octanol–water partition coefficient (Wildman–Crippen LogP) is 4.34. The quantitative estimate of drug-likeness (QED) is 0.697. The number of piperidine rings is 1. The third-order valence-corrected chi connectivity index (χ3v) is 6.59. The van der Waals surface area contributed by atoms with Crippen molar-refractivity contribution in [2.24, 2.45) is 5.92 Å². The van der Waals surface area contributed by atoms with E-state index in [0.717, 1.165) is 24.1 Å². The van der Waals surface area contributed by atoms with E-state index >= 15 is 0 Å². The van der Waals surface area contributed by atoms with E-state index < -0.39 is 0 Å². The van der Waals surface area contributed by atoms with Gasteiger partial charge in [-0.15, -0.1) is 0 Å². The summed E-state index contributed by atoms with van der Waals surface area (Å²) in [5, 5.41) is 3.61. The molecule has 1 N–H and O–H groups in total. The summed E-state index contributed by atoms with van der Waals surface area (Å²) in [5.74, 6) is 1.33. The van der Waals surface area contributed by atoms with Crippen LogP contribution in [0.25, 0.3) is 0 Å². The van der Waals surface area contributed by atoms with Gasteiger partial charge in [0.05, 0.1) is 6.04 Å². The molecule has 1 unspecified atom stereocenters. The monoisotopic (exact) mass is 442 g/mol. The third-order valence-electron chi connectivity index (χ3n) is 6.18. The number of anilines is 1. The minimum absolute atomic E-state index is 0.0516. The van der Waals surface area contributed by atoms with E-state index in [-0.39, 0.29) is 23.7 Å². The van der Waals surface area contributed by atoms with E-state index in [1.807, 2.05) is 32.0 Å². The Balaban J connectivity index is 1.34. The molecule has 0 radical (unpaired) electrons. The van der Waals surface area contributed by atoms with Gasteiger partial charge in [0, 0.05) is 22.2 Å². The lowest BCUT2D eigenvalue weighted by Gasteiger charge is -2.35. The molecule has 7 heteroatoms. The molecule has 1 atom stereocenters. The third kappa shape index (κ3) is 4.70. The van der Waals surface area contributed by atoms with Crippen molar-refractivity contribution in [3.63, 3.8) is 0 Å². The number of hydrogen-bond acceptors (Lipinski definition) is 5. The van der Waals surface area contributed by atoms with Crippen molar-refractivity contribution in [3.8, 4) is 11.5 Å². The summed E-state index contributed by atoms with van der Waals surface area (Å²) in [6.45, 7) is 6.21. The Kier molecular flexibility index (Phi) is 6.49. The van der Waals surface area contributed by atoms with E-state index in [9.17, 15) is 9.59 Å². The molecule has 2 aliphatic rings. The topological polar surface area (TPSA) is 67.9 Å². The van der Waals surface area contributed by atoms with Crippen LogP contribution in [0.3, 0.4) is 0 Å².